The SMILES string of the molecule is CCc1c(N)c(C(=O)c2ccccc2)c(CC)c(CC)c1CC. The number of nitrogens with two attached hydrogens (primary N) is 1. The second kappa shape index (κ2) is 7.45. The predicted molar refractivity (Wildman–Crippen MR) is 98.2 cm³/mol. The summed E-state index contributed by atoms with van der Waals surface area (Å²) in [5, 5.41) is 0. The summed E-state index contributed by atoms with van der Waals surface area (Å²) in [6.07, 6.45) is 3.59. The third kappa shape index (κ3) is 3.03. The lowest BCUT2D eigenvalue weighted by molar-refractivity contribution is 0.103. The topological polar surface area (TPSA) is 43.1 Å². The first-order valence-corrected chi connectivity index (χ1v) is 8.65. The van der Waals surface area contributed by atoms with Crippen molar-refractivity contribution in [1.29, 1.82) is 0 Å². The zero-order valence-corrected chi connectivity index (χ0v) is 14.7. The van der Waals surface area contributed by atoms with Crippen molar-refractivity contribution < 1.29 is 4.79 Å². The molecule has 0 saturated heterocycles. The number of anilines is 1. The Morgan fingerprint density at radius 2 is 1.26 bits per heavy atom. The molecule has 0 saturated carbocycles. The van der Waals surface area contributed by atoms with E-state index in [4.69, 9.17) is 5.73 Å². The summed E-state index contributed by atoms with van der Waals surface area (Å²) in [6, 6.07) is 9.46. The molecule has 0 spiro atoms. The number of carbonyl (C=O) groups is 1. The van der Waals surface area contributed by atoms with E-state index < -0.39 is 0 Å². The number of hydrogen-bond donors (Lipinski definition) is 1. The van der Waals surface area contributed by atoms with Gasteiger partial charge in [0.2, 0.25) is 0 Å². The summed E-state index contributed by atoms with van der Waals surface area (Å²) in [6.45, 7) is 8.57. The minimum atomic E-state index is 0.0482. The highest BCUT2D eigenvalue weighted by Crippen LogP contribution is 2.34. The van der Waals surface area contributed by atoms with Gasteiger partial charge in [-0.05, 0) is 47.9 Å². The normalized spacial score (nSPS) is 10.8. The number of hydrogen-bond acceptors (Lipinski definition) is 2. The van der Waals surface area contributed by atoms with E-state index in [1.165, 1.54) is 11.1 Å². The Labute approximate surface area is 139 Å². The molecular formula is C21H27NO. The van der Waals surface area contributed by atoms with Crippen LogP contribution in [0.15, 0.2) is 30.3 Å². The summed E-state index contributed by atoms with van der Waals surface area (Å²) in [5.41, 5.74) is 13.6. The molecule has 0 fully saturated rings. The Bertz CT molecular complexity index is 702. The molecule has 0 unspecified atom stereocenters. The number of nitrogen functional groups attached to an aromatic ring is 1. The molecule has 0 amide bonds. The van der Waals surface area contributed by atoms with Crippen molar-refractivity contribution in [3.8, 4) is 0 Å². The molecule has 23 heavy (non-hydrogen) atoms. The highest BCUT2D eigenvalue weighted by molar-refractivity contribution is 6.13. The van der Waals surface area contributed by atoms with Gasteiger partial charge in [0.25, 0.3) is 0 Å². The van der Waals surface area contributed by atoms with Gasteiger partial charge in [0.05, 0.1) is 0 Å². The Morgan fingerprint density at radius 1 is 0.783 bits per heavy atom. The summed E-state index contributed by atoms with van der Waals surface area (Å²) in [4.78, 5) is 13.1. The van der Waals surface area contributed by atoms with Gasteiger partial charge in [0, 0.05) is 16.8 Å². The van der Waals surface area contributed by atoms with E-state index in [1.807, 2.05) is 30.3 Å². The highest BCUT2D eigenvalue weighted by Gasteiger charge is 2.23. The summed E-state index contributed by atoms with van der Waals surface area (Å²) in [5.74, 6) is 0.0482. The Hall–Kier alpha value is -2.09. The highest BCUT2D eigenvalue weighted by atomic mass is 16.1. The number of ketones is 1. The van der Waals surface area contributed by atoms with Crippen LogP contribution < -0.4 is 5.73 Å². The van der Waals surface area contributed by atoms with Crippen LogP contribution in [-0.2, 0) is 25.7 Å². The fourth-order valence-electron chi connectivity index (χ4n) is 3.63. The van der Waals surface area contributed by atoms with Crippen LogP contribution in [0.3, 0.4) is 0 Å². The van der Waals surface area contributed by atoms with Gasteiger partial charge in [0.1, 0.15) is 0 Å². The van der Waals surface area contributed by atoms with E-state index in [-0.39, 0.29) is 5.78 Å². The van der Waals surface area contributed by atoms with Crippen molar-refractivity contribution in [2.45, 2.75) is 53.4 Å². The van der Waals surface area contributed by atoms with Crippen LogP contribution in [0.1, 0.15) is 65.9 Å². The van der Waals surface area contributed by atoms with Crippen molar-refractivity contribution in [2.24, 2.45) is 0 Å². The van der Waals surface area contributed by atoms with Gasteiger partial charge in [-0.25, -0.2) is 0 Å². The Balaban J connectivity index is 2.79. The maximum atomic E-state index is 13.1. The van der Waals surface area contributed by atoms with Crippen LogP contribution in [-0.4, -0.2) is 5.78 Å². The molecule has 2 aromatic carbocycles. The summed E-state index contributed by atoms with van der Waals surface area (Å²) < 4.78 is 0. The largest absolute Gasteiger partial charge is 0.398 e. The second-order valence-electron chi connectivity index (χ2n) is 5.81. The van der Waals surface area contributed by atoms with Gasteiger partial charge in [0.15, 0.2) is 5.78 Å². The lowest BCUT2D eigenvalue weighted by Crippen LogP contribution is -2.16. The monoisotopic (exact) mass is 309 g/mol. The average molecular weight is 309 g/mol. The van der Waals surface area contributed by atoms with Crippen molar-refractivity contribution in [3.05, 3.63) is 63.7 Å². The minimum Gasteiger partial charge on any atom is -0.398 e. The molecule has 2 heteroatoms. The number of carbonyl (C=O) groups excluding carboxylic acids is 1. The smallest absolute Gasteiger partial charge is 0.195 e. The lowest BCUT2D eigenvalue weighted by Gasteiger charge is -2.23. The average Bonchev–Trinajstić information content (AvgIpc) is 2.60. The van der Waals surface area contributed by atoms with E-state index in [1.54, 1.807) is 0 Å². The van der Waals surface area contributed by atoms with Crippen LogP contribution in [0.2, 0.25) is 0 Å². The van der Waals surface area contributed by atoms with Gasteiger partial charge >= 0.3 is 0 Å². The predicted octanol–water partition coefficient (Wildman–Crippen LogP) is 4.75. The van der Waals surface area contributed by atoms with Crippen molar-refractivity contribution in [1.82, 2.24) is 0 Å². The zero-order valence-electron chi connectivity index (χ0n) is 14.7. The van der Waals surface area contributed by atoms with Crippen LogP contribution >= 0.6 is 0 Å². The molecule has 0 heterocycles. The van der Waals surface area contributed by atoms with Gasteiger partial charge < -0.3 is 5.73 Å². The van der Waals surface area contributed by atoms with Crippen LogP contribution in [0, 0.1) is 0 Å². The van der Waals surface area contributed by atoms with Crippen LogP contribution in [0.5, 0.6) is 0 Å². The molecule has 122 valence electrons. The van der Waals surface area contributed by atoms with Crippen molar-refractivity contribution in [2.75, 3.05) is 5.73 Å². The maximum absolute atomic E-state index is 13.1. The third-order valence-corrected chi connectivity index (χ3v) is 4.67. The van der Waals surface area contributed by atoms with E-state index in [9.17, 15) is 4.79 Å². The molecule has 0 bridgehead atoms. The third-order valence-electron chi connectivity index (χ3n) is 4.67. The summed E-state index contributed by atoms with van der Waals surface area (Å²) in [7, 11) is 0. The lowest BCUT2D eigenvalue weighted by atomic mass is 9.83. The van der Waals surface area contributed by atoms with E-state index >= 15 is 0 Å². The fourth-order valence-corrected chi connectivity index (χ4v) is 3.63. The standard InChI is InChI=1S/C21H27NO/c1-5-15-16(6-2)18(8-4)20(22)19(17(15)7-3)21(23)14-12-10-9-11-13-14/h9-13H,5-8,22H2,1-4H3. The number of rotatable bonds is 6. The molecule has 0 atom stereocenters. The second-order valence-corrected chi connectivity index (χ2v) is 5.81. The minimum absolute atomic E-state index is 0.0482. The van der Waals surface area contributed by atoms with Crippen molar-refractivity contribution >= 4 is 11.5 Å². The molecular weight excluding hydrogens is 282 g/mol. The van der Waals surface area contributed by atoms with Gasteiger partial charge in [-0.15, -0.1) is 0 Å². The number of benzene rings is 2. The van der Waals surface area contributed by atoms with Gasteiger partial charge in [-0.1, -0.05) is 58.0 Å². The summed E-state index contributed by atoms with van der Waals surface area (Å²) >= 11 is 0. The van der Waals surface area contributed by atoms with Crippen LogP contribution in [0.25, 0.3) is 0 Å². The molecule has 0 aliphatic carbocycles. The maximum Gasteiger partial charge on any atom is 0.195 e. The fraction of sp³-hybridized carbons (Fsp3) is 0.381. The Morgan fingerprint density at radius 3 is 1.74 bits per heavy atom. The van der Waals surface area contributed by atoms with E-state index in [2.05, 4.69) is 27.7 Å². The molecule has 0 radical (unpaired) electrons. The Kier molecular flexibility index (Phi) is 5.59. The zero-order chi connectivity index (χ0) is 17.0. The molecule has 2 aromatic rings. The molecule has 2 nitrogen and oxygen atoms in total. The van der Waals surface area contributed by atoms with Gasteiger partial charge in [-0.2, -0.15) is 0 Å². The van der Waals surface area contributed by atoms with E-state index in [0.717, 1.165) is 42.4 Å². The molecule has 0 aliphatic heterocycles. The van der Waals surface area contributed by atoms with E-state index in [0.29, 0.717) is 11.3 Å². The molecule has 2 rings (SSSR count). The quantitative estimate of drug-likeness (QED) is 0.618. The first-order valence-electron chi connectivity index (χ1n) is 8.65. The van der Waals surface area contributed by atoms with Crippen LogP contribution in [0.4, 0.5) is 5.69 Å². The van der Waals surface area contributed by atoms with Crippen molar-refractivity contribution in [3.63, 3.8) is 0 Å². The van der Waals surface area contributed by atoms with Gasteiger partial charge in [-0.3, -0.25) is 4.79 Å². The molecule has 0 aromatic heterocycles. The molecule has 0 aliphatic rings. The first kappa shape index (κ1) is 17.3. The molecule has 2 N–H and O–H groups in total. The first-order chi connectivity index (χ1) is 11.1.